The number of morpholine rings is 1. The first-order chi connectivity index (χ1) is 10.1. The molecule has 2 N–H and O–H groups in total. The van der Waals surface area contributed by atoms with Gasteiger partial charge in [0.05, 0.1) is 13.2 Å². The third kappa shape index (κ3) is 5.34. The normalized spacial score (nSPS) is 15.5. The fourth-order valence-electron chi connectivity index (χ4n) is 1.97. The number of rotatable bonds is 4. The predicted octanol–water partition coefficient (Wildman–Crippen LogP) is 1.11. The van der Waals surface area contributed by atoms with Crippen LogP contribution in [-0.2, 0) is 4.74 Å². The van der Waals surface area contributed by atoms with E-state index in [1.54, 1.807) is 24.3 Å². The minimum atomic E-state index is -0.497. The van der Waals surface area contributed by atoms with E-state index < -0.39 is 11.9 Å². The van der Waals surface area contributed by atoms with Gasteiger partial charge in [0.2, 0.25) is 0 Å². The van der Waals surface area contributed by atoms with Crippen molar-refractivity contribution in [2.45, 2.75) is 0 Å². The Balaban J connectivity index is 1.68. The van der Waals surface area contributed by atoms with E-state index in [0.717, 1.165) is 32.8 Å². The lowest BCUT2D eigenvalue weighted by Gasteiger charge is -2.26. The van der Waals surface area contributed by atoms with Crippen LogP contribution in [0.25, 0.3) is 0 Å². The number of ether oxygens (including phenoxy) is 1. The monoisotopic (exact) mass is 311 g/mol. The molecule has 1 saturated heterocycles. The van der Waals surface area contributed by atoms with Crippen molar-refractivity contribution in [1.82, 2.24) is 15.5 Å². The zero-order chi connectivity index (χ0) is 15.1. The predicted molar refractivity (Wildman–Crippen MR) is 79.6 cm³/mol. The van der Waals surface area contributed by atoms with Gasteiger partial charge in [0.1, 0.15) is 0 Å². The highest BCUT2D eigenvalue weighted by atomic mass is 35.5. The molecule has 0 bridgehead atoms. The van der Waals surface area contributed by atoms with Crippen LogP contribution in [0, 0.1) is 0 Å². The molecule has 1 aliphatic rings. The highest BCUT2D eigenvalue weighted by Crippen LogP contribution is 2.09. The van der Waals surface area contributed by atoms with Gasteiger partial charge in [0.15, 0.2) is 0 Å². The van der Waals surface area contributed by atoms with Gasteiger partial charge in [-0.05, 0) is 24.3 Å². The molecule has 21 heavy (non-hydrogen) atoms. The fraction of sp³-hybridized carbons (Fsp3) is 0.429. The summed E-state index contributed by atoms with van der Waals surface area (Å²) in [5.74, 6) is -0.449. The molecule has 0 aliphatic carbocycles. The summed E-state index contributed by atoms with van der Waals surface area (Å²) in [5.41, 5.74) is 0.391. The summed E-state index contributed by atoms with van der Waals surface area (Å²) >= 11 is 5.74. The largest absolute Gasteiger partial charge is 0.379 e. The van der Waals surface area contributed by atoms with Crippen molar-refractivity contribution in [2.75, 3.05) is 39.4 Å². The summed E-state index contributed by atoms with van der Waals surface area (Å²) in [6.45, 7) is 4.41. The van der Waals surface area contributed by atoms with Crippen LogP contribution in [0.5, 0.6) is 0 Å². The van der Waals surface area contributed by atoms with Crippen LogP contribution in [0.2, 0.25) is 5.02 Å². The van der Waals surface area contributed by atoms with Gasteiger partial charge in [-0.15, -0.1) is 0 Å². The van der Waals surface area contributed by atoms with Crippen molar-refractivity contribution < 1.29 is 14.3 Å². The molecule has 1 fully saturated rings. The molecule has 1 heterocycles. The molecule has 0 radical (unpaired) electrons. The summed E-state index contributed by atoms with van der Waals surface area (Å²) in [5, 5.41) is 5.48. The van der Waals surface area contributed by atoms with E-state index in [1.165, 1.54) is 0 Å². The number of nitrogens with zero attached hydrogens (tertiary/aromatic N) is 1. The number of urea groups is 1. The Labute approximate surface area is 128 Å². The number of amides is 3. The third-order valence-electron chi connectivity index (χ3n) is 3.15. The van der Waals surface area contributed by atoms with Crippen LogP contribution in [-0.4, -0.2) is 56.2 Å². The minimum absolute atomic E-state index is 0.391. The van der Waals surface area contributed by atoms with Crippen molar-refractivity contribution in [3.63, 3.8) is 0 Å². The second-order valence-corrected chi connectivity index (χ2v) is 5.11. The molecule has 0 unspecified atom stereocenters. The number of imide groups is 1. The molecule has 2 rings (SSSR count). The summed E-state index contributed by atoms with van der Waals surface area (Å²) in [7, 11) is 0. The van der Waals surface area contributed by atoms with Crippen molar-refractivity contribution in [3.8, 4) is 0 Å². The van der Waals surface area contributed by atoms with E-state index in [9.17, 15) is 9.59 Å². The Morgan fingerprint density at radius 1 is 1.19 bits per heavy atom. The van der Waals surface area contributed by atoms with Gasteiger partial charge in [-0.25, -0.2) is 4.79 Å². The van der Waals surface area contributed by atoms with Gasteiger partial charge in [0.25, 0.3) is 5.91 Å². The Morgan fingerprint density at radius 3 is 2.52 bits per heavy atom. The molecule has 1 aromatic carbocycles. The Hall–Kier alpha value is -1.63. The van der Waals surface area contributed by atoms with E-state index in [1.807, 2.05) is 0 Å². The molecule has 0 atom stereocenters. The highest BCUT2D eigenvalue weighted by Gasteiger charge is 2.12. The van der Waals surface area contributed by atoms with Crippen LogP contribution in [0.1, 0.15) is 10.4 Å². The maximum Gasteiger partial charge on any atom is 0.321 e. The first-order valence-corrected chi connectivity index (χ1v) is 7.18. The van der Waals surface area contributed by atoms with Gasteiger partial charge in [-0.2, -0.15) is 0 Å². The van der Waals surface area contributed by atoms with Gasteiger partial charge in [-0.3, -0.25) is 15.0 Å². The average molecular weight is 312 g/mol. The molecule has 0 aromatic heterocycles. The van der Waals surface area contributed by atoms with Crippen molar-refractivity contribution in [1.29, 1.82) is 0 Å². The van der Waals surface area contributed by atoms with Gasteiger partial charge in [0, 0.05) is 36.8 Å². The number of carbonyl (C=O) groups is 2. The van der Waals surface area contributed by atoms with E-state index in [0.29, 0.717) is 17.1 Å². The Morgan fingerprint density at radius 2 is 1.86 bits per heavy atom. The van der Waals surface area contributed by atoms with Gasteiger partial charge >= 0.3 is 6.03 Å². The SMILES string of the molecule is O=C(NCCN1CCOCC1)NC(=O)c1ccc(Cl)cc1. The molecule has 1 aliphatic heterocycles. The molecule has 7 heteroatoms. The Kier molecular flexibility index (Phi) is 5.98. The molecular formula is C14H18ClN3O3. The van der Waals surface area contributed by atoms with Crippen molar-refractivity contribution >= 4 is 23.5 Å². The lowest BCUT2D eigenvalue weighted by molar-refractivity contribution is 0.0387. The first-order valence-electron chi connectivity index (χ1n) is 6.80. The van der Waals surface area contributed by atoms with Crippen molar-refractivity contribution in [2.24, 2.45) is 0 Å². The molecule has 114 valence electrons. The topological polar surface area (TPSA) is 70.7 Å². The number of carbonyl (C=O) groups excluding carboxylic acids is 2. The number of hydrogen-bond acceptors (Lipinski definition) is 4. The van der Waals surface area contributed by atoms with Gasteiger partial charge < -0.3 is 10.1 Å². The first kappa shape index (κ1) is 15.8. The molecule has 0 spiro atoms. The molecule has 6 nitrogen and oxygen atoms in total. The number of nitrogens with one attached hydrogen (secondary N) is 2. The van der Waals surface area contributed by atoms with E-state index in [2.05, 4.69) is 15.5 Å². The lowest BCUT2D eigenvalue weighted by atomic mass is 10.2. The second-order valence-electron chi connectivity index (χ2n) is 4.67. The lowest BCUT2D eigenvalue weighted by Crippen LogP contribution is -2.45. The second kappa shape index (κ2) is 7.97. The number of halogens is 1. The van der Waals surface area contributed by atoms with Crippen LogP contribution in [0.4, 0.5) is 4.79 Å². The van der Waals surface area contributed by atoms with E-state index in [-0.39, 0.29) is 0 Å². The number of hydrogen-bond donors (Lipinski definition) is 2. The van der Waals surface area contributed by atoms with Crippen LogP contribution >= 0.6 is 11.6 Å². The molecule has 0 saturated carbocycles. The molecule has 1 aromatic rings. The van der Waals surface area contributed by atoms with Crippen LogP contribution in [0.3, 0.4) is 0 Å². The van der Waals surface area contributed by atoms with Gasteiger partial charge in [-0.1, -0.05) is 11.6 Å². The maximum absolute atomic E-state index is 11.8. The van der Waals surface area contributed by atoms with Crippen LogP contribution < -0.4 is 10.6 Å². The maximum atomic E-state index is 11.8. The summed E-state index contributed by atoms with van der Waals surface area (Å²) in [6.07, 6.45) is 0. The summed E-state index contributed by atoms with van der Waals surface area (Å²) in [6, 6.07) is 5.85. The third-order valence-corrected chi connectivity index (χ3v) is 3.40. The Bertz CT molecular complexity index is 487. The molecule has 3 amide bonds. The van der Waals surface area contributed by atoms with E-state index >= 15 is 0 Å². The van der Waals surface area contributed by atoms with Crippen LogP contribution in [0.15, 0.2) is 24.3 Å². The smallest absolute Gasteiger partial charge is 0.321 e. The van der Waals surface area contributed by atoms with E-state index in [4.69, 9.17) is 16.3 Å². The molecular weight excluding hydrogens is 294 g/mol. The zero-order valence-corrected chi connectivity index (χ0v) is 12.4. The summed E-state index contributed by atoms with van der Waals surface area (Å²) < 4.78 is 5.24. The standard InChI is InChI=1S/C14H18ClN3O3/c15-12-3-1-11(2-4-12)13(19)17-14(20)16-5-6-18-7-9-21-10-8-18/h1-4H,5-10H2,(H2,16,17,19,20). The number of benzene rings is 1. The minimum Gasteiger partial charge on any atom is -0.379 e. The summed E-state index contributed by atoms with van der Waals surface area (Å²) in [4.78, 5) is 25.6. The van der Waals surface area contributed by atoms with Crippen molar-refractivity contribution in [3.05, 3.63) is 34.9 Å². The highest BCUT2D eigenvalue weighted by molar-refractivity contribution is 6.30. The quantitative estimate of drug-likeness (QED) is 0.874. The zero-order valence-electron chi connectivity index (χ0n) is 11.6. The average Bonchev–Trinajstić information content (AvgIpc) is 2.49. The fourth-order valence-corrected chi connectivity index (χ4v) is 2.10.